The first-order valence-corrected chi connectivity index (χ1v) is 8.43. The Morgan fingerprint density at radius 1 is 1.12 bits per heavy atom. The van der Waals surface area contributed by atoms with Crippen molar-refractivity contribution in [2.75, 3.05) is 4.90 Å². The van der Waals surface area contributed by atoms with Crippen LogP contribution in [0.3, 0.4) is 0 Å². The molecule has 1 fully saturated rings. The summed E-state index contributed by atoms with van der Waals surface area (Å²) in [5, 5.41) is 10.3. The van der Waals surface area contributed by atoms with E-state index in [9.17, 15) is 19.7 Å². The van der Waals surface area contributed by atoms with E-state index in [1.54, 1.807) is 30.3 Å². The lowest BCUT2D eigenvalue weighted by Gasteiger charge is -2.16. The lowest BCUT2D eigenvalue weighted by molar-refractivity contribution is -0.384. The fourth-order valence-corrected chi connectivity index (χ4v) is 3.38. The number of hydrogen-bond acceptors (Lipinski definition) is 5. The van der Waals surface area contributed by atoms with Gasteiger partial charge < -0.3 is 0 Å². The van der Waals surface area contributed by atoms with Crippen LogP contribution in [-0.4, -0.2) is 16.1 Å². The molecule has 6 nitrogen and oxygen atoms in total. The van der Waals surface area contributed by atoms with Crippen LogP contribution in [-0.2, 0) is 11.2 Å². The van der Waals surface area contributed by atoms with E-state index in [0.717, 1.165) is 17.3 Å². The zero-order valence-electron chi connectivity index (χ0n) is 13.3. The number of rotatable bonds is 4. The highest BCUT2D eigenvalue weighted by Gasteiger charge is 2.37. The SMILES string of the molecule is CCc1ccccc1N1C(=O)S/C(=C\c2ccc([N+](=O)[O-])cc2)C1=O. The molecule has 0 bridgehead atoms. The van der Waals surface area contributed by atoms with Gasteiger partial charge in [-0.25, -0.2) is 4.90 Å². The Labute approximate surface area is 148 Å². The van der Waals surface area contributed by atoms with E-state index in [1.807, 2.05) is 19.1 Å². The van der Waals surface area contributed by atoms with Crippen molar-refractivity contribution in [2.24, 2.45) is 0 Å². The van der Waals surface area contributed by atoms with Crippen molar-refractivity contribution in [3.05, 3.63) is 74.7 Å². The smallest absolute Gasteiger partial charge is 0.268 e. The molecular formula is C18H14N2O4S. The maximum atomic E-state index is 12.7. The summed E-state index contributed by atoms with van der Waals surface area (Å²) in [6.07, 6.45) is 2.28. The number of para-hydroxylation sites is 1. The lowest BCUT2D eigenvalue weighted by atomic mass is 10.1. The Hall–Kier alpha value is -2.93. The van der Waals surface area contributed by atoms with Crippen LogP contribution >= 0.6 is 11.8 Å². The van der Waals surface area contributed by atoms with Gasteiger partial charge in [-0.3, -0.25) is 19.7 Å². The molecule has 2 aromatic carbocycles. The third-order valence-corrected chi connectivity index (χ3v) is 4.68. The van der Waals surface area contributed by atoms with Crippen LogP contribution in [0.15, 0.2) is 53.4 Å². The average Bonchev–Trinajstić information content (AvgIpc) is 2.89. The number of thioether (sulfide) groups is 1. The molecule has 0 atom stereocenters. The molecular weight excluding hydrogens is 340 g/mol. The maximum Gasteiger partial charge on any atom is 0.298 e. The quantitative estimate of drug-likeness (QED) is 0.462. The number of aryl methyl sites for hydroxylation is 1. The number of nitrogens with zero attached hydrogens (tertiary/aromatic N) is 2. The van der Waals surface area contributed by atoms with Crippen LogP contribution in [0, 0.1) is 10.1 Å². The molecule has 1 aliphatic heterocycles. The first-order chi connectivity index (χ1) is 12.0. The number of non-ortho nitro benzene ring substituents is 1. The molecule has 1 aliphatic rings. The van der Waals surface area contributed by atoms with Gasteiger partial charge in [0.1, 0.15) is 0 Å². The lowest BCUT2D eigenvalue weighted by Crippen LogP contribution is -2.28. The summed E-state index contributed by atoms with van der Waals surface area (Å²) in [5.74, 6) is -0.380. The predicted molar refractivity (Wildman–Crippen MR) is 97.4 cm³/mol. The molecule has 25 heavy (non-hydrogen) atoms. The zero-order chi connectivity index (χ0) is 18.0. The summed E-state index contributed by atoms with van der Waals surface area (Å²) in [6.45, 7) is 1.96. The van der Waals surface area contributed by atoms with Gasteiger partial charge in [0.25, 0.3) is 16.8 Å². The molecule has 126 valence electrons. The molecule has 0 N–H and O–H groups in total. The van der Waals surface area contributed by atoms with Gasteiger partial charge in [0, 0.05) is 12.1 Å². The van der Waals surface area contributed by atoms with Crippen molar-refractivity contribution in [1.29, 1.82) is 0 Å². The highest BCUT2D eigenvalue weighted by atomic mass is 32.2. The molecule has 0 spiro atoms. The van der Waals surface area contributed by atoms with Gasteiger partial charge in [-0.05, 0) is 53.6 Å². The second kappa shape index (κ2) is 6.90. The number of benzene rings is 2. The Morgan fingerprint density at radius 2 is 1.80 bits per heavy atom. The van der Waals surface area contributed by atoms with Crippen LogP contribution in [0.4, 0.5) is 16.2 Å². The van der Waals surface area contributed by atoms with Crippen LogP contribution in [0.1, 0.15) is 18.1 Å². The fraction of sp³-hybridized carbons (Fsp3) is 0.111. The van der Waals surface area contributed by atoms with Gasteiger partial charge in [0.15, 0.2) is 0 Å². The Kier molecular flexibility index (Phi) is 4.67. The second-order valence-electron chi connectivity index (χ2n) is 5.35. The normalized spacial score (nSPS) is 15.9. The van der Waals surface area contributed by atoms with Gasteiger partial charge in [0.05, 0.1) is 15.5 Å². The highest BCUT2D eigenvalue weighted by Crippen LogP contribution is 2.37. The van der Waals surface area contributed by atoms with E-state index in [1.165, 1.54) is 17.0 Å². The number of imide groups is 1. The number of anilines is 1. The van der Waals surface area contributed by atoms with E-state index < -0.39 is 4.92 Å². The number of nitro benzene ring substituents is 1. The van der Waals surface area contributed by atoms with Crippen molar-refractivity contribution in [1.82, 2.24) is 0 Å². The molecule has 3 rings (SSSR count). The monoisotopic (exact) mass is 354 g/mol. The van der Waals surface area contributed by atoms with Crippen LogP contribution in [0.2, 0.25) is 0 Å². The largest absolute Gasteiger partial charge is 0.298 e. The topological polar surface area (TPSA) is 80.5 Å². The maximum absolute atomic E-state index is 12.7. The predicted octanol–water partition coefficient (Wildman–Crippen LogP) is 4.40. The second-order valence-corrected chi connectivity index (χ2v) is 6.34. The van der Waals surface area contributed by atoms with Crippen molar-refractivity contribution in [3.63, 3.8) is 0 Å². The van der Waals surface area contributed by atoms with Crippen molar-refractivity contribution >= 4 is 40.4 Å². The molecule has 0 saturated carbocycles. The number of nitro groups is 1. The summed E-state index contributed by atoms with van der Waals surface area (Å²) in [7, 11) is 0. The summed E-state index contributed by atoms with van der Waals surface area (Å²) in [5.41, 5.74) is 2.11. The number of hydrogen-bond donors (Lipinski definition) is 0. The molecule has 0 aromatic heterocycles. The van der Waals surface area contributed by atoms with Crippen molar-refractivity contribution in [2.45, 2.75) is 13.3 Å². The van der Waals surface area contributed by atoms with Crippen molar-refractivity contribution in [3.8, 4) is 0 Å². The van der Waals surface area contributed by atoms with Gasteiger partial charge in [-0.1, -0.05) is 25.1 Å². The van der Waals surface area contributed by atoms with Gasteiger partial charge in [-0.2, -0.15) is 0 Å². The molecule has 7 heteroatoms. The van der Waals surface area contributed by atoms with E-state index >= 15 is 0 Å². The van der Waals surface area contributed by atoms with Crippen molar-refractivity contribution < 1.29 is 14.5 Å². The first-order valence-electron chi connectivity index (χ1n) is 7.61. The van der Waals surface area contributed by atoms with E-state index in [-0.39, 0.29) is 16.8 Å². The Balaban J connectivity index is 1.92. The summed E-state index contributed by atoms with van der Waals surface area (Å²) >= 11 is 0.866. The van der Waals surface area contributed by atoms with E-state index in [4.69, 9.17) is 0 Å². The van der Waals surface area contributed by atoms with Crippen LogP contribution in [0.25, 0.3) is 6.08 Å². The minimum atomic E-state index is -0.487. The average molecular weight is 354 g/mol. The molecule has 0 unspecified atom stereocenters. The highest BCUT2D eigenvalue weighted by molar-refractivity contribution is 8.19. The first kappa shape index (κ1) is 16.9. The molecule has 2 amide bonds. The summed E-state index contributed by atoms with van der Waals surface area (Å²) in [6, 6.07) is 13.1. The summed E-state index contributed by atoms with van der Waals surface area (Å²) in [4.78, 5) is 36.7. The Morgan fingerprint density at radius 3 is 2.44 bits per heavy atom. The third-order valence-electron chi connectivity index (χ3n) is 3.81. The van der Waals surface area contributed by atoms with Gasteiger partial charge >= 0.3 is 0 Å². The molecule has 2 aromatic rings. The standard InChI is InChI=1S/C18H14N2O4S/c1-2-13-5-3-4-6-15(13)19-17(21)16(25-18(19)22)11-12-7-9-14(10-8-12)20(23)24/h3-11H,2H2,1H3/b16-11-. The third kappa shape index (κ3) is 3.32. The van der Waals surface area contributed by atoms with E-state index in [0.29, 0.717) is 22.6 Å². The van der Waals surface area contributed by atoms with Gasteiger partial charge in [0.2, 0.25) is 0 Å². The number of carbonyl (C=O) groups is 2. The van der Waals surface area contributed by atoms with E-state index in [2.05, 4.69) is 0 Å². The molecule has 0 aliphatic carbocycles. The zero-order valence-corrected chi connectivity index (χ0v) is 14.2. The number of carbonyl (C=O) groups excluding carboxylic acids is 2. The van der Waals surface area contributed by atoms with Crippen LogP contribution in [0.5, 0.6) is 0 Å². The van der Waals surface area contributed by atoms with Crippen LogP contribution < -0.4 is 4.90 Å². The van der Waals surface area contributed by atoms with Gasteiger partial charge in [-0.15, -0.1) is 0 Å². The summed E-state index contributed by atoms with van der Waals surface area (Å²) < 4.78 is 0. The number of amides is 2. The minimum absolute atomic E-state index is 0.0258. The fourth-order valence-electron chi connectivity index (χ4n) is 2.55. The molecule has 0 radical (unpaired) electrons. The Bertz CT molecular complexity index is 890. The molecule has 1 saturated heterocycles. The molecule has 1 heterocycles. The minimum Gasteiger partial charge on any atom is -0.268 e.